The normalized spacial score (nSPS) is 22.4. The molecule has 1 unspecified atom stereocenters. The lowest BCUT2D eigenvalue weighted by Gasteiger charge is -2.35. The maximum atomic E-state index is 4.45. The van der Waals surface area contributed by atoms with Crippen LogP contribution < -0.4 is 0 Å². The highest BCUT2D eigenvalue weighted by molar-refractivity contribution is 5.38. The summed E-state index contributed by atoms with van der Waals surface area (Å²) in [6.07, 6.45) is 11.3. The van der Waals surface area contributed by atoms with Gasteiger partial charge in [0.25, 0.3) is 0 Å². The van der Waals surface area contributed by atoms with Crippen LogP contribution >= 0.6 is 0 Å². The summed E-state index contributed by atoms with van der Waals surface area (Å²) in [6.45, 7) is 4.14. The summed E-state index contributed by atoms with van der Waals surface area (Å²) in [5.74, 6) is 0. The van der Waals surface area contributed by atoms with E-state index in [9.17, 15) is 0 Å². The highest BCUT2D eigenvalue weighted by Gasteiger charge is 2.40. The largest absolute Gasteiger partial charge is 0.286 e. The molecular weight excluding hydrogens is 276 g/mol. The monoisotopic (exact) mass is 294 g/mol. The third kappa shape index (κ3) is 2.07. The van der Waals surface area contributed by atoms with E-state index >= 15 is 0 Å². The van der Waals surface area contributed by atoms with E-state index in [1.165, 1.54) is 12.1 Å². The van der Waals surface area contributed by atoms with Gasteiger partial charge in [-0.1, -0.05) is 0 Å². The summed E-state index contributed by atoms with van der Waals surface area (Å²) in [4.78, 5) is 15.4. The van der Waals surface area contributed by atoms with Crippen LogP contribution in [0.4, 0.5) is 0 Å². The molecular formula is C16H18N6. The molecule has 0 spiro atoms. The first-order valence-corrected chi connectivity index (χ1v) is 7.56. The van der Waals surface area contributed by atoms with Crippen LogP contribution in [0.25, 0.3) is 5.65 Å². The van der Waals surface area contributed by atoms with Gasteiger partial charge in [0.1, 0.15) is 0 Å². The van der Waals surface area contributed by atoms with Crippen LogP contribution in [0.5, 0.6) is 0 Å². The molecule has 4 heterocycles. The molecule has 1 atom stereocenters. The first kappa shape index (κ1) is 13.3. The maximum Gasteiger partial charge on any atom is 0.155 e. The Kier molecular flexibility index (Phi) is 3.11. The molecule has 0 aromatic carbocycles. The van der Waals surface area contributed by atoms with Crippen molar-refractivity contribution in [2.45, 2.75) is 31.8 Å². The van der Waals surface area contributed by atoms with Gasteiger partial charge in [-0.25, -0.2) is 9.50 Å². The Morgan fingerprint density at radius 1 is 1.14 bits per heavy atom. The van der Waals surface area contributed by atoms with E-state index in [1.807, 2.05) is 23.0 Å². The molecule has 0 bridgehead atoms. The summed E-state index contributed by atoms with van der Waals surface area (Å²) in [7, 11) is 0. The lowest BCUT2D eigenvalue weighted by Crippen LogP contribution is -2.40. The van der Waals surface area contributed by atoms with Crippen LogP contribution in [0.1, 0.15) is 31.2 Å². The van der Waals surface area contributed by atoms with Gasteiger partial charge < -0.3 is 0 Å². The van der Waals surface area contributed by atoms with Crippen LogP contribution in [0.15, 0.2) is 43.1 Å². The molecule has 4 rings (SSSR count). The van der Waals surface area contributed by atoms with Gasteiger partial charge in [0.15, 0.2) is 5.65 Å². The van der Waals surface area contributed by atoms with Crippen molar-refractivity contribution < 1.29 is 0 Å². The number of rotatable bonds is 3. The molecule has 112 valence electrons. The van der Waals surface area contributed by atoms with E-state index in [1.54, 1.807) is 18.6 Å². The van der Waals surface area contributed by atoms with Crippen molar-refractivity contribution in [1.29, 1.82) is 0 Å². The van der Waals surface area contributed by atoms with Crippen molar-refractivity contribution in [3.8, 4) is 0 Å². The SMILES string of the molecule is CC1(c2ccnc3ccnn23)CCCN1Cc1cnccn1. The van der Waals surface area contributed by atoms with Gasteiger partial charge in [-0.3, -0.25) is 14.9 Å². The van der Waals surface area contributed by atoms with Crippen LogP contribution in [-0.2, 0) is 12.1 Å². The van der Waals surface area contributed by atoms with Crippen LogP contribution in [0, 0.1) is 0 Å². The average molecular weight is 294 g/mol. The van der Waals surface area contributed by atoms with E-state index in [4.69, 9.17) is 0 Å². The molecule has 6 nitrogen and oxygen atoms in total. The van der Waals surface area contributed by atoms with Crippen molar-refractivity contribution in [3.63, 3.8) is 0 Å². The number of fused-ring (bicyclic) bond motifs is 1. The van der Waals surface area contributed by atoms with E-state index in [0.29, 0.717) is 0 Å². The van der Waals surface area contributed by atoms with E-state index < -0.39 is 0 Å². The van der Waals surface area contributed by atoms with Crippen LogP contribution in [0.3, 0.4) is 0 Å². The van der Waals surface area contributed by atoms with Gasteiger partial charge in [0.2, 0.25) is 0 Å². The maximum absolute atomic E-state index is 4.45. The summed E-state index contributed by atoms with van der Waals surface area (Å²) in [5.41, 5.74) is 3.01. The molecule has 3 aromatic rings. The number of aromatic nitrogens is 5. The van der Waals surface area contributed by atoms with E-state index in [0.717, 1.165) is 30.9 Å². The lowest BCUT2D eigenvalue weighted by atomic mass is 9.94. The Hall–Kier alpha value is -2.34. The van der Waals surface area contributed by atoms with Crippen LogP contribution in [-0.4, -0.2) is 36.0 Å². The fraction of sp³-hybridized carbons (Fsp3) is 0.375. The Bertz CT molecular complexity index is 783. The molecule has 1 saturated heterocycles. The quantitative estimate of drug-likeness (QED) is 0.739. The summed E-state index contributed by atoms with van der Waals surface area (Å²) >= 11 is 0. The number of likely N-dealkylation sites (tertiary alicyclic amines) is 1. The molecule has 0 N–H and O–H groups in total. The van der Waals surface area contributed by atoms with Gasteiger partial charge in [-0.2, -0.15) is 5.10 Å². The molecule has 6 heteroatoms. The third-order valence-electron chi connectivity index (χ3n) is 4.60. The van der Waals surface area contributed by atoms with Crippen LogP contribution in [0.2, 0.25) is 0 Å². The number of nitrogens with zero attached hydrogens (tertiary/aromatic N) is 6. The molecule has 1 fully saturated rings. The molecule has 0 aliphatic carbocycles. The van der Waals surface area contributed by atoms with Gasteiger partial charge in [-0.15, -0.1) is 0 Å². The fourth-order valence-electron chi connectivity index (χ4n) is 3.41. The Balaban J connectivity index is 1.73. The van der Waals surface area contributed by atoms with E-state index in [2.05, 4.69) is 37.9 Å². The molecule has 0 amide bonds. The molecule has 1 aliphatic heterocycles. The van der Waals surface area contributed by atoms with Gasteiger partial charge in [-0.05, 0) is 32.4 Å². The summed E-state index contributed by atoms with van der Waals surface area (Å²) in [6, 6.07) is 4.02. The zero-order valence-corrected chi connectivity index (χ0v) is 12.6. The highest BCUT2D eigenvalue weighted by atomic mass is 15.3. The van der Waals surface area contributed by atoms with Crippen molar-refractivity contribution in [3.05, 3.63) is 54.5 Å². The number of hydrogen-bond donors (Lipinski definition) is 0. The molecule has 0 saturated carbocycles. The zero-order chi connectivity index (χ0) is 15.0. The fourth-order valence-corrected chi connectivity index (χ4v) is 3.41. The van der Waals surface area contributed by atoms with E-state index in [-0.39, 0.29) is 5.54 Å². The van der Waals surface area contributed by atoms with Crippen molar-refractivity contribution in [2.24, 2.45) is 0 Å². The zero-order valence-electron chi connectivity index (χ0n) is 12.6. The molecule has 1 aliphatic rings. The molecule has 22 heavy (non-hydrogen) atoms. The topological polar surface area (TPSA) is 59.2 Å². The van der Waals surface area contributed by atoms with Crippen molar-refractivity contribution in [2.75, 3.05) is 6.54 Å². The minimum atomic E-state index is -0.0648. The van der Waals surface area contributed by atoms with Gasteiger partial charge >= 0.3 is 0 Å². The van der Waals surface area contributed by atoms with Gasteiger partial charge in [0.05, 0.1) is 23.1 Å². The predicted molar refractivity (Wildman–Crippen MR) is 82.0 cm³/mol. The first-order chi connectivity index (χ1) is 10.8. The summed E-state index contributed by atoms with van der Waals surface area (Å²) in [5, 5.41) is 4.45. The second-order valence-corrected chi connectivity index (χ2v) is 5.93. The Morgan fingerprint density at radius 2 is 2.09 bits per heavy atom. The minimum Gasteiger partial charge on any atom is -0.286 e. The minimum absolute atomic E-state index is 0.0648. The average Bonchev–Trinajstić information content (AvgIpc) is 3.16. The number of hydrogen-bond acceptors (Lipinski definition) is 5. The smallest absolute Gasteiger partial charge is 0.155 e. The summed E-state index contributed by atoms with van der Waals surface area (Å²) < 4.78 is 1.95. The highest BCUT2D eigenvalue weighted by Crippen LogP contribution is 2.38. The Morgan fingerprint density at radius 3 is 2.95 bits per heavy atom. The second-order valence-electron chi connectivity index (χ2n) is 5.93. The second kappa shape index (κ2) is 5.14. The van der Waals surface area contributed by atoms with Crippen molar-refractivity contribution >= 4 is 5.65 Å². The first-order valence-electron chi connectivity index (χ1n) is 7.56. The standard InChI is InChI=1S/C16H18N6/c1-16(14-3-6-19-15-4-7-20-22(14)15)5-2-10-21(16)12-13-11-17-8-9-18-13/h3-4,6-9,11H,2,5,10,12H2,1H3. The Labute approximate surface area is 128 Å². The third-order valence-corrected chi connectivity index (χ3v) is 4.60. The van der Waals surface area contributed by atoms with Gasteiger partial charge in [0, 0.05) is 37.4 Å². The molecule has 3 aromatic heterocycles. The lowest BCUT2D eigenvalue weighted by molar-refractivity contribution is 0.138. The predicted octanol–water partition coefficient (Wildman–Crippen LogP) is 2.03. The van der Waals surface area contributed by atoms with Crippen molar-refractivity contribution in [1.82, 2.24) is 29.5 Å². The molecule has 0 radical (unpaired) electrons.